The molecule has 0 aliphatic carbocycles. The summed E-state index contributed by atoms with van der Waals surface area (Å²) in [7, 11) is -0.0587. The van der Waals surface area contributed by atoms with Gasteiger partial charge in [-0.1, -0.05) is 55.0 Å². The fraction of sp³-hybridized carbons (Fsp3) is 0.280. The molecule has 0 aromatic heterocycles. The third-order valence-electron chi connectivity index (χ3n) is 5.42. The van der Waals surface area contributed by atoms with Gasteiger partial charge in [-0.15, -0.1) is 0 Å². The van der Waals surface area contributed by atoms with Crippen molar-refractivity contribution < 1.29 is 0 Å². The third-order valence-corrected chi connectivity index (χ3v) is 7.63. The molecule has 1 aliphatic heterocycles. The van der Waals surface area contributed by atoms with Crippen LogP contribution in [-0.2, 0) is 17.4 Å². The van der Waals surface area contributed by atoms with E-state index in [0.717, 1.165) is 6.54 Å². The van der Waals surface area contributed by atoms with Crippen molar-refractivity contribution in [2.24, 2.45) is 0 Å². The van der Waals surface area contributed by atoms with Gasteiger partial charge in [0, 0.05) is 12.6 Å². The number of likely N-dealkylation sites (tertiary alicyclic amines) is 1. The van der Waals surface area contributed by atoms with Gasteiger partial charge in [-0.2, -0.15) is 0 Å². The van der Waals surface area contributed by atoms with Crippen LogP contribution in [0.3, 0.4) is 0 Å². The molecule has 1 fully saturated rings. The molecule has 27 heavy (non-hydrogen) atoms. The summed E-state index contributed by atoms with van der Waals surface area (Å²) in [4.78, 5) is 6.82. The first kappa shape index (κ1) is 18.3. The zero-order valence-electron chi connectivity index (χ0n) is 16.1. The second-order valence-corrected chi connectivity index (χ2v) is 9.42. The molecule has 0 radical (unpaired) electrons. The van der Waals surface area contributed by atoms with Crippen LogP contribution in [0.2, 0.25) is 0 Å². The molecule has 2 heteroatoms. The van der Waals surface area contributed by atoms with Crippen LogP contribution < -0.4 is 0 Å². The predicted octanol–water partition coefficient (Wildman–Crippen LogP) is 6.16. The van der Waals surface area contributed by atoms with Crippen LogP contribution in [0.15, 0.2) is 99.6 Å². The Morgan fingerprint density at radius 2 is 1.41 bits per heavy atom. The molecule has 1 unspecified atom stereocenters. The van der Waals surface area contributed by atoms with Crippen molar-refractivity contribution >= 4 is 10.9 Å². The molecule has 1 aliphatic rings. The Hall–Kier alpha value is -2.03. The van der Waals surface area contributed by atoms with E-state index >= 15 is 0 Å². The SMILES string of the molecule is CC1CCCCN1Cc1cccc([S+](c2ccccc2)c2ccccc2)c1. The van der Waals surface area contributed by atoms with Crippen LogP contribution in [-0.4, -0.2) is 17.5 Å². The van der Waals surface area contributed by atoms with E-state index in [1.165, 1.54) is 46.1 Å². The monoisotopic (exact) mass is 374 g/mol. The van der Waals surface area contributed by atoms with E-state index in [2.05, 4.69) is 96.8 Å². The summed E-state index contributed by atoms with van der Waals surface area (Å²) in [5.41, 5.74) is 1.44. The van der Waals surface area contributed by atoms with E-state index in [0.29, 0.717) is 6.04 Å². The van der Waals surface area contributed by atoms with Crippen molar-refractivity contribution in [3.63, 3.8) is 0 Å². The van der Waals surface area contributed by atoms with Crippen molar-refractivity contribution in [3.8, 4) is 0 Å². The van der Waals surface area contributed by atoms with Crippen molar-refractivity contribution in [1.82, 2.24) is 4.90 Å². The highest BCUT2D eigenvalue weighted by atomic mass is 32.2. The minimum atomic E-state index is -0.0587. The normalized spacial score (nSPS) is 17.9. The molecule has 0 bridgehead atoms. The number of nitrogens with zero attached hydrogens (tertiary/aromatic N) is 1. The Labute approximate surface area is 166 Å². The minimum absolute atomic E-state index is 0.0587. The lowest BCUT2D eigenvalue weighted by atomic mass is 10.0. The average molecular weight is 375 g/mol. The van der Waals surface area contributed by atoms with Crippen molar-refractivity contribution in [2.75, 3.05) is 6.54 Å². The van der Waals surface area contributed by atoms with E-state index in [1.54, 1.807) is 0 Å². The molecule has 1 atom stereocenters. The van der Waals surface area contributed by atoms with Gasteiger partial charge in [0.15, 0.2) is 14.7 Å². The summed E-state index contributed by atoms with van der Waals surface area (Å²) in [5.74, 6) is 0. The lowest BCUT2D eigenvalue weighted by Gasteiger charge is -2.33. The fourth-order valence-corrected chi connectivity index (χ4v) is 6.08. The van der Waals surface area contributed by atoms with Gasteiger partial charge in [-0.3, -0.25) is 4.90 Å². The first-order valence-electron chi connectivity index (χ1n) is 9.98. The van der Waals surface area contributed by atoms with Gasteiger partial charge in [0.25, 0.3) is 0 Å². The average Bonchev–Trinajstić information content (AvgIpc) is 2.72. The Morgan fingerprint density at radius 1 is 0.778 bits per heavy atom. The van der Waals surface area contributed by atoms with Gasteiger partial charge in [-0.05, 0) is 68.3 Å². The molecule has 1 nitrogen and oxygen atoms in total. The zero-order valence-corrected chi connectivity index (χ0v) is 16.9. The van der Waals surface area contributed by atoms with Gasteiger partial charge in [0.05, 0.1) is 10.9 Å². The first-order chi connectivity index (χ1) is 13.3. The molecule has 0 amide bonds. The summed E-state index contributed by atoms with van der Waals surface area (Å²) < 4.78 is 0. The Kier molecular flexibility index (Phi) is 5.96. The van der Waals surface area contributed by atoms with Gasteiger partial charge in [0.1, 0.15) is 0 Å². The van der Waals surface area contributed by atoms with E-state index in [1.807, 2.05) is 0 Å². The highest BCUT2D eigenvalue weighted by Crippen LogP contribution is 2.31. The van der Waals surface area contributed by atoms with Crippen LogP contribution >= 0.6 is 0 Å². The quantitative estimate of drug-likeness (QED) is 0.484. The van der Waals surface area contributed by atoms with Crippen LogP contribution in [0.5, 0.6) is 0 Å². The number of benzene rings is 3. The van der Waals surface area contributed by atoms with Crippen molar-refractivity contribution in [2.45, 2.75) is 53.5 Å². The van der Waals surface area contributed by atoms with Crippen molar-refractivity contribution in [1.29, 1.82) is 0 Å². The predicted molar refractivity (Wildman–Crippen MR) is 115 cm³/mol. The van der Waals surface area contributed by atoms with E-state index in [-0.39, 0.29) is 10.9 Å². The molecule has 0 spiro atoms. The highest BCUT2D eigenvalue weighted by molar-refractivity contribution is 7.97. The molecule has 4 rings (SSSR count). The Bertz CT molecular complexity index is 807. The molecule has 3 aromatic carbocycles. The van der Waals surface area contributed by atoms with E-state index in [4.69, 9.17) is 0 Å². The molecular formula is C25H28NS+. The van der Waals surface area contributed by atoms with Crippen LogP contribution in [0.4, 0.5) is 0 Å². The van der Waals surface area contributed by atoms with E-state index < -0.39 is 0 Å². The van der Waals surface area contributed by atoms with Crippen LogP contribution in [0.25, 0.3) is 0 Å². The smallest absolute Gasteiger partial charge is 0.166 e. The summed E-state index contributed by atoms with van der Waals surface area (Å²) in [6.07, 6.45) is 4.05. The lowest BCUT2D eigenvalue weighted by Crippen LogP contribution is -2.36. The summed E-state index contributed by atoms with van der Waals surface area (Å²) in [6.45, 7) is 4.67. The second-order valence-electron chi connectivity index (χ2n) is 7.39. The summed E-state index contributed by atoms with van der Waals surface area (Å²) in [6, 6.07) is 31.8. The van der Waals surface area contributed by atoms with Gasteiger partial charge < -0.3 is 0 Å². The largest absolute Gasteiger partial charge is 0.296 e. The molecule has 138 valence electrons. The Morgan fingerprint density at radius 3 is 2.04 bits per heavy atom. The highest BCUT2D eigenvalue weighted by Gasteiger charge is 2.28. The molecule has 3 aromatic rings. The fourth-order valence-electron chi connectivity index (χ4n) is 3.92. The minimum Gasteiger partial charge on any atom is -0.296 e. The second kappa shape index (κ2) is 8.77. The van der Waals surface area contributed by atoms with E-state index in [9.17, 15) is 0 Å². The molecule has 0 saturated carbocycles. The third kappa shape index (κ3) is 4.45. The van der Waals surface area contributed by atoms with Gasteiger partial charge in [0.2, 0.25) is 0 Å². The maximum absolute atomic E-state index is 2.64. The molecule has 1 saturated heterocycles. The molecule has 1 heterocycles. The topological polar surface area (TPSA) is 3.24 Å². The molecular weight excluding hydrogens is 346 g/mol. The maximum atomic E-state index is 2.64. The Balaban J connectivity index is 1.66. The number of hydrogen-bond acceptors (Lipinski definition) is 1. The van der Waals surface area contributed by atoms with Gasteiger partial charge in [-0.25, -0.2) is 0 Å². The number of rotatable bonds is 5. The van der Waals surface area contributed by atoms with Crippen molar-refractivity contribution in [3.05, 3.63) is 90.5 Å². The summed E-state index contributed by atoms with van der Waals surface area (Å²) >= 11 is 0. The van der Waals surface area contributed by atoms with Crippen LogP contribution in [0, 0.1) is 0 Å². The maximum Gasteiger partial charge on any atom is 0.166 e. The summed E-state index contributed by atoms with van der Waals surface area (Å²) in [5, 5.41) is 0. The standard InChI is InChI=1S/C25H28NS/c1-21-11-8-9-18-26(21)20-22-12-10-17-25(19-22)27(23-13-4-2-5-14-23)24-15-6-3-7-16-24/h2-7,10,12-17,19,21H,8-9,11,18,20H2,1H3/q+1. The number of hydrogen-bond donors (Lipinski definition) is 0. The van der Waals surface area contributed by atoms with Gasteiger partial charge >= 0.3 is 0 Å². The number of piperidine rings is 1. The lowest BCUT2D eigenvalue weighted by molar-refractivity contribution is 0.152. The molecule has 0 N–H and O–H groups in total. The first-order valence-corrected chi connectivity index (χ1v) is 11.2. The van der Waals surface area contributed by atoms with Crippen LogP contribution in [0.1, 0.15) is 31.7 Å². The zero-order chi connectivity index (χ0) is 18.5.